The molecule has 3 rings (SSSR count). The van der Waals surface area contributed by atoms with Crippen LogP contribution in [0.25, 0.3) is 0 Å². The number of rotatable bonds is 8. The topological polar surface area (TPSA) is 104 Å². The summed E-state index contributed by atoms with van der Waals surface area (Å²) in [6.07, 6.45) is 1.80. The summed E-state index contributed by atoms with van der Waals surface area (Å²) in [5.74, 6) is -3.87. The van der Waals surface area contributed by atoms with Crippen LogP contribution in [0.3, 0.4) is 0 Å². The average Bonchev–Trinajstić information content (AvgIpc) is 2.75. The summed E-state index contributed by atoms with van der Waals surface area (Å²) in [4.78, 5) is 39.6. The molecule has 178 valence electrons. The molecule has 9 nitrogen and oxygen atoms in total. The molecular weight excluding hydrogens is 438 g/mol. The van der Waals surface area contributed by atoms with E-state index < -0.39 is 40.2 Å². The number of carbonyl (C=O) groups excluding carboxylic acids is 2. The predicted octanol–water partition coefficient (Wildman–Crippen LogP) is 1.56. The van der Waals surface area contributed by atoms with Crippen molar-refractivity contribution >= 4 is 11.8 Å². The zero-order chi connectivity index (χ0) is 24.3. The van der Waals surface area contributed by atoms with Crippen LogP contribution in [0.15, 0.2) is 29.2 Å². The highest BCUT2D eigenvalue weighted by molar-refractivity contribution is 5.99. The first kappa shape index (κ1) is 24.2. The van der Waals surface area contributed by atoms with Crippen molar-refractivity contribution < 1.29 is 28.2 Å². The molecule has 0 spiro atoms. The first-order valence-electron chi connectivity index (χ1n) is 10.4. The van der Waals surface area contributed by atoms with E-state index in [1.165, 1.54) is 15.6 Å². The molecule has 1 aliphatic heterocycles. The molecule has 0 bridgehead atoms. The number of amides is 2. The van der Waals surface area contributed by atoms with Gasteiger partial charge in [-0.2, -0.15) is 0 Å². The van der Waals surface area contributed by atoms with Gasteiger partial charge >= 0.3 is 0 Å². The van der Waals surface area contributed by atoms with Crippen LogP contribution in [0.4, 0.5) is 8.78 Å². The van der Waals surface area contributed by atoms with E-state index in [1.807, 2.05) is 13.8 Å². The Balaban J connectivity index is 1.79. The van der Waals surface area contributed by atoms with Gasteiger partial charge in [-0.1, -0.05) is 6.07 Å². The number of halogens is 2. The Kier molecular flexibility index (Phi) is 7.32. The lowest BCUT2D eigenvalue weighted by Gasteiger charge is -2.37. The maximum Gasteiger partial charge on any atom is 0.277 e. The van der Waals surface area contributed by atoms with E-state index in [1.54, 1.807) is 12.1 Å². The van der Waals surface area contributed by atoms with Gasteiger partial charge in [0.15, 0.2) is 11.4 Å². The molecule has 0 radical (unpaired) electrons. The van der Waals surface area contributed by atoms with Crippen LogP contribution in [-0.2, 0) is 11.3 Å². The standard InChI is InChI=1S/C22H26F2N4O5/c1-13(2)33-8-4-7-27-12-26(3)28-11-16(19(29)20(30)18(28)22(27)32)21(31)25-10-14-5-6-15(23)9-17(14)24/h5-6,9,11,13,30H,4,7-8,10,12H2,1-3H3,(H,25,31). The maximum absolute atomic E-state index is 13.8. The summed E-state index contributed by atoms with van der Waals surface area (Å²) in [5.41, 5.74) is -1.67. The van der Waals surface area contributed by atoms with Crippen LogP contribution < -0.4 is 15.8 Å². The number of benzene rings is 1. The third-order valence-electron chi connectivity index (χ3n) is 5.12. The van der Waals surface area contributed by atoms with Crippen LogP contribution in [0.5, 0.6) is 5.75 Å². The Hall–Kier alpha value is -3.47. The van der Waals surface area contributed by atoms with E-state index in [-0.39, 0.29) is 30.6 Å². The van der Waals surface area contributed by atoms with E-state index in [0.717, 1.165) is 12.3 Å². The number of pyridine rings is 1. The van der Waals surface area contributed by atoms with Gasteiger partial charge in [-0.15, -0.1) is 0 Å². The minimum absolute atomic E-state index is 0.0245. The SMILES string of the molecule is CC(C)OCCCN1CN(C)n2cc(C(=O)NCc3ccc(F)cc3F)c(=O)c(O)c2C1=O. The molecule has 2 N–H and O–H groups in total. The summed E-state index contributed by atoms with van der Waals surface area (Å²) in [5, 5.41) is 14.4. The largest absolute Gasteiger partial charge is 0.502 e. The zero-order valence-corrected chi connectivity index (χ0v) is 18.6. The van der Waals surface area contributed by atoms with E-state index >= 15 is 0 Å². The molecule has 1 aromatic heterocycles. The fraction of sp³-hybridized carbons (Fsp3) is 0.409. The monoisotopic (exact) mass is 464 g/mol. The smallest absolute Gasteiger partial charge is 0.277 e. The average molecular weight is 464 g/mol. The molecule has 2 heterocycles. The molecule has 1 aliphatic rings. The maximum atomic E-state index is 13.8. The summed E-state index contributed by atoms with van der Waals surface area (Å²) in [6, 6.07) is 2.91. The van der Waals surface area contributed by atoms with Crippen LogP contribution in [0.1, 0.15) is 46.7 Å². The van der Waals surface area contributed by atoms with Crippen LogP contribution in [-0.4, -0.2) is 59.5 Å². The van der Waals surface area contributed by atoms with Gasteiger partial charge in [0.1, 0.15) is 23.9 Å². The van der Waals surface area contributed by atoms with Crippen LogP contribution in [0.2, 0.25) is 0 Å². The lowest BCUT2D eigenvalue weighted by atomic mass is 10.1. The van der Waals surface area contributed by atoms with Gasteiger partial charge in [0.05, 0.1) is 6.10 Å². The molecule has 1 aromatic carbocycles. The zero-order valence-electron chi connectivity index (χ0n) is 18.6. The van der Waals surface area contributed by atoms with Crippen LogP contribution in [0, 0.1) is 11.6 Å². The van der Waals surface area contributed by atoms with Gasteiger partial charge in [0, 0.05) is 44.6 Å². The molecule has 0 saturated carbocycles. The predicted molar refractivity (Wildman–Crippen MR) is 116 cm³/mol. The number of carbonyl (C=O) groups is 2. The molecular formula is C22H26F2N4O5. The Morgan fingerprint density at radius 3 is 2.67 bits per heavy atom. The van der Waals surface area contributed by atoms with Crippen molar-refractivity contribution in [2.24, 2.45) is 0 Å². The van der Waals surface area contributed by atoms with Crippen LogP contribution >= 0.6 is 0 Å². The van der Waals surface area contributed by atoms with E-state index in [2.05, 4.69) is 5.32 Å². The number of nitrogens with one attached hydrogen (secondary N) is 1. The Morgan fingerprint density at radius 1 is 1.27 bits per heavy atom. The van der Waals surface area contributed by atoms with Gasteiger partial charge < -0.3 is 20.1 Å². The highest BCUT2D eigenvalue weighted by Gasteiger charge is 2.33. The summed E-state index contributed by atoms with van der Waals surface area (Å²) >= 11 is 0. The number of hydrogen-bond acceptors (Lipinski definition) is 6. The van der Waals surface area contributed by atoms with Gasteiger partial charge in [0.25, 0.3) is 11.8 Å². The van der Waals surface area contributed by atoms with Crippen molar-refractivity contribution in [1.29, 1.82) is 0 Å². The van der Waals surface area contributed by atoms with Crippen molar-refractivity contribution in [3.8, 4) is 5.75 Å². The van der Waals surface area contributed by atoms with Gasteiger partial charge in [-0.3, -0.25) is 24.1 Å². The fourth-order valence-corrected chi connectivity index (χ4v) is 3.43. The molecule has 2 amide bonds. The molecule has 0 atom stereocenters. The van der Waals surface area contributed by atoms with Crippen molar-refractivity contribution in [2.45, 2.75) is 32.9 Å². The second-order valence-electron chi connectivity index (χ2n) is 7.97. The van der Waals surface area contributed by atoms with Gasteiger partial charge in [0.2, 0.25) is 5.43 Å². The first-order chi connectivity index (χ1) is 15.6. The van der Waals surface area contributed by atoms with Gasteiger partial charge in [-0.05, 0) is 26.3 Å². The van der Waals surface area contributed by atoms with Crippen molar-refractivity contribution in [3.63, 3.8) is 0 Å². The summed E-state index contributed by atoms with van der Waals surface area (Å²) in [7, 11) is 1.63. The fourth-order valence-electron chi connectivity index (χ4n) is 3.43. The number of nitrogens with zero attached hydrogens (tertiary/aromatic N) is 3. The highest BCUT2D eigenvalue weighted by Crippen LogP contribution is 2.21. The third kappa shape index (κ3) is 5.30. The Bertz CT molecular complexity index is 1120. The number of fused-ring (bicyclic) bond motifs is 1. The van der Waals surface area contributed by atoms with Crippen molar-refractivity contribution in [2.75, 3.05) is 31.9 Å². The highest BCUT2D eigenvalue weighted by atomic mass is 19.1. The third-order valence-corrected chi connectivity index (χ3v) is 5.12. The summed E-state index contributed by atoms with van der Waals surface area (Å²) < 4.78 is 33.6. The number of hydrogen-bond donors (Lipinski definition) is 2. The van der Waals surface area contributed by atoms with E-state index in [4.69, 9.17) is 4.74 Å². The molecule has 2 aromatic rings. The van der Waals surface area contributed by atoms with E-state index in [9.17, 15) is 28.3 Å². The summed E-state index contributed by atoms with van der Waals surface area (Å²) in [6.45, 7) is 4.49. The minimum atomic E-state index is -1.02. The normalized spacial score (nSPS) is 13.5. The first-order valence-corrected chi connectivity index (χ1v) is 10.4. The molecule has 11 heteroatoms. The number of aromatic hydroxyl groups is 1. The second kappa shape index (κ2) is 9.99. The second-order valence-corrected chi connectivity index (χ2v) is 7.97. The molecule has 0 unspecified atom stereocenters. The lowest BCUT2D eigenvalue weighted by molar-refractivity contribution is 0.0573. The molecule has 0 saturated heterocycles. The minimum Gasteiger partial charge on any atom is -0.502 e. The van der Waals surface area contributed by atoms with Crippen molar-refractivity contribution in [3.05, 3.63) is 63.1 Å². The molecule has 33 heavy (non-hydrogen) atoms. The lowest BCUT2D eigenvalue weighted by Crippen LogP contribution is -2.53. The quantitative estimate of drug-likeness (QED) is 0.575. The van der Waals surface area contributed by atoms with Crippen molar-refractivity contribution in [1.82, 2.24) is 14.9 Å². The Labute approximate surface area is 189 Å². The number of aromatic nitrogens is 1. The molecule has 0 fully saturated rings. The van der Waals surface area contributed by atoms with E-state index in [0.29, 0.717) is 25.6 Å². The Morgan fingerprint density at radius 2 is 2.00 bits per heavy atom. The van der Waals surface area contributed by atoms with Gasteiger partial charge in [-0.25, -0.2) is 8.78 Å². The number of ether oxygens (including phenoxy) is 1. The molecule has 0 aliphatic carbocycles.